The van der Waals surface area contributed by atoms with Gasteiger partial charge in [-0.25, -0.2) is 0 Å². The van der Waals surface area contributed by atoms with E-state index in [1.165, 1.54) is 6.07 Å². The van der Waals surface area contributed by atoms with Gasteiger partial charge in [-0.05, 0) is 72.8 Å². The van der Waals surface area contributed by atoms with Crippen LogP contribution in [-0.4, -0.2) is 14.1 Å². The lowest BCUT2D eigenvalue weighted by Gasteiger charge is -2.21. The lowest BCUT2D eigenvalue weighted by atomic mass is 9.99. The third-order valence-corrected chi connectivity index (χ3v) is 11.2. The molecule has 0 aliphatic rings. The van der Waals surface area contributed by atoms with Gasteiger partial charge < -0.3 is 18.0 Å². The van der Waals surface area contributed by atoms with Gasteiger partial charge in [0.25, 0.3) is 0 Å². The number of para-hydroxylation sites is 4. The third kappa shape index (κ3) is 4.12. The molecule has 12 rings (SSSR count). The Morgan fingerprint density at radius 2 is 0.929 bits per heavy atom. The number of hydrogen-bond donors (Lipinski definition) is 0. The van der Waals surface area contributed by atoms with Crippen LogP contribution in [0.15, 0.2) is 167 Å². The van der Waals surface area contributed by atoms with Crippen molar-refractivity contribution in [1.82, 2.24) is 14.1 Å². The van der Waals surface area contributed by atoms with Gasteiger partial charge in [-0.3, -0.25) is 4.98 Å². The molecule has 0 unspecified atom stereocenters. The zero-order chi connectivity index (χ0) is 37.3. The molecule has 5 heterocycles. The normalized spacial score (nSPS) is 12.6. The molecule has 5 aromatic heterocycles. The predicted molar refractivity (Wildman–Crippen MR) is 218 cm³/mol. The molecular weight excluding hydrogens is 708 g/mol. The summed E-state index contributed by atoms with van der Waals surface area (Å²) in [5.41, 5.74) is 6.24. The monoisotopic (exact) mass is 733 g/mol. The number of aromatic nitrogens is 3. The van der Waals surface area contributed by atoms with E-state index in [-0.39, 0.29) is 11.3 Å². The maximum absolute atomic E-state index is 15.5. The van der Waals surface area contributed by atoms with Crippen LogP contribution in [0.5, 0.6) is 0 Å². The quantitative estimate of drug-likeness (QED) is 0.182. The summed E-state index contributed by atoms with van der Waals surface area (Å²) in [6, 6.07) is 47.5. The smallest absolute Gasteiger partial charge is 0.417 e. The number of nitrogens with zero attached hydrogens (tertiary/aromatic N) is 3. The molecule has 0 aliphatic carbocycles. The van der Waals surface area contributed by atoms with Crippen LogP contribution in [-0.2, 0) is 6.18 Å². The first-order valence-corrected chi connectivity index (χ1v) is 18.3. The van der Waals surface area contributed by atoms with Crippen molar-refractivity contribution in [1.29, 1.82) is 0 Å². The number of hydrogen-bond acceptors (Lipinski definition) is 3. The zero-order valence-corrected chi connectivity index (χ0v) is 29.3. The molecule has 12 aromatic rings. The maximum atomic E-state index is 15.5. The van der Waals surface area contributed by atoms with Crippen LogP contribution in [0.25, 0.3) is 110 Å². The minimum Gasteiger partial charge on any atom is -0.455 e. The first kappa shape index (κ1) is 31.1. The minimum absolute atomic E-state index is 0.0290. The van der Waals surface area contributed by atoms with E-state index in [0.717, 1.165) is 88.0 Å². The Morgan fingerprint density at radius 3 is 1.50 bits per heavy atom. The van der Waals surface area contributed by atoms with Crippen LogP contribution < -0.4 is 0 Å². The van der Waals surface area contributed by atoms with Gasteiger partial charge in [0, 0.05) is 44.1 Å². The van der Waals surface area contributed by atoms with E-state index in [9.17, 15) is 0 Å². The van der Waals surface area contributed by atoms with Crippen molar-refractivity contribution in [2.45, 2.75) is 6.18 Å². The van der Waals surface area contributed by atoms with Gasteiger partial charge in [0.15, 0.2) is 0 Å². The van der Waals surface area contributed by atoms with Crippen LogP contribution in [0, 0.1) is 0 Å². The molecule has 56 heavy (non-hydrogen) atoms. The molecule has 0 N–H and O–H groups in total. The Balaban J connectivity index is 1.20. The molecule has 0 fully saturated rings. The number of pyridine rings is 1. The Bertz CT molecular complexity index is 3600. The van der Waals surface area contributed by atoms with Gasteiger partial charge in [-0.15, -0.1) is 0 Å². The van der Waals surface area contributed by atoms with Gasteiger partial charge in [0.2, 0.25) is 0 Å². The predicted octanol–water partition coefficient (Wildman–Crippen LogP) is 13.8. The highest BCUT2D eigenvalue weighted by Gasteiger charge is 2.37. The molecule has 0 atom stereocenters. The van der Waals surface area contributed by atoms with Crippen LogP contribution in [0.2, 0.25) is 0 Å². The molecular formula is C48H26F3N3O2. The minimum atomic E-state index is -4.70. The van der Waals surface area contributed by atoms with Crippen LogP contribution in [0.1, 0.15) is 5.56 Å². The Kier molecular flexibility index (Phi) is 6.17. The maximum Gasteiger partial charge on any atom is 0.417 e. The summed E-state index contributed by atoms with van der Waals surface area (Å²) >= 11 is 0. The Hall–Kier alpha value is -7.32. The second-order valence-corrected chi connectivity index (χ2v) is 14.1. The number of halogens is 3. The summed E-state index contributed by atoms with van der Waals surface area (Å²) in [5, 5.41) is 7.39. The second-order valence-electron chi connectivity index (χ2n) is 14.1. The van der Waals surface area contributed by atoms with E-state index < -0.39 is 11.7 Å². The van der Waals surface area contributed by atoms with Gasteiger partial charge >= 0.3 is 6.18 Å². The van der Waals surface area contributed by atoms with Crippen molar-refractivity contribution in [3.05, 3.63) is 163 Å². The van der Waals surface area contributed by atoms with Gasteiger partial charge in [-0.1, -0.05) is 78.9 Å². The SMILES string of the molecule is FC(F)(F)c1cccc(-n2c3ccccc3c3c4oc5ccccc5c4ccc32)c1-c1ncccc1-n1c2ccccc2c2c3oc4ccccc4c3ccc21. The fraction of sp³-hybridized carbons (Fsp3) is 0.0208. The molecule has 266 valence electrons. The number of alkyl halides is 3. The molecule has 0 bridgehead atoms. The van der Waals surface area contributed by atoms with E-state index in [0.29, 0.717) is 17.0 Å². The first-order valence-electron chi connectivity index (χ1n) is 18.3. The standard InChI is InChI=1S/C48H26F3N3O2/c49-48(50,51)33-15-9-18-36(53-34-16-5-1-13-31(34)42-37(53)24-22-29-27-11-3-7-20-40(27)55-46(29)42)44(33)45-39(19-10-26-52-45)54-35-17-6-2-14-32(35)43-38(54)25-23-30-28-12-4-8-21-41(28)56-47(30)43/h1-26H. The van der Waals surface area contributed by atoms with Crippen molar-refractivity contribution in [3.63, 3.8) is 0 Å². The van der Waals surface area contributed by atoms with E-state index >= 15 is 13.2 Å². The Morgan fingerprint density at radius 1 is 0.429 bits per heavy atom. The number of benzene rings is 7. The van der Waals surface area contributed by atoms with Crippen molar-refractivity contribution >= 4 is 87.5 Å². The number of fused-ring (bicyclic) bond motifs is 14. The van der Waals surface area contributed by atoms with E-state index in [1.54, 1.807) is 18.3 Å². The summed E-state index contributed by atoms with van der Waals surface area (Å²) in [6.45, 7) is 0. The van der Waals surface area contributed by atoms with Crippen molar-refractivity contribution in [2.24, 2.45) is 0 Å². The van der Waals surface area contributed by atoms with E-state index in [4.69, 9.17) is 13.8 Å². The molecule has 0 aliphatic heterocycles. The average Bonchev–Trinajstić information content (AvgIpc) is 3.97. The van der Waals surface area contributed by atoms with Crippen LogP contribution >= 0.6 is 0 Å². The highest BCUT2D eigenvalue weighted by Crippen LogP contribution is 2.47. The highest BCUT2D eigenvalue weighted by molar-refractivity contribution is 6.25. The van der Waals surface area contributed by atoms with E-state index in [2.05, 4.69) is 0 Å². The van der Waals surface area contributed by atoms with Gasteiger partial charge in [0.05, 0.1) is 55.5 Å². The van der Waals surface area contributed by atoms with Crippen LogP contribution in [0.4, 0.5) is 13.2 Å². The van der Waals surface area contributed by atoms with Crippen molar-refractivity contribution < 1.29 is 22.0 Å². The fourth-order valence-corrected chi connectivity index (χ4v) is 8.97. The Labute approximate surface area is 315 Å². The zero-order valence-electron chi connectivity index (χ0n) is 29.3. The van der Waals surface area contributed by atoms with Crippen molar-refractivity contribution in [3.8, 4) is 22.6 Å². The van der Waals surface area contributed by atoms with Gasteiger partial charge in [-0.2, -0.15) is 13.2 Å². The molecule has 0 radical (unpaired) electrons. The largest absolute Gasteiger partial charge is 0.455 e. The fourth-order valence-electron chi connectivity index (χ4n) is 8.97. The summed E-state index contributed by atoms with van der Waals surface area (Å²) in [5.74, 6) is 0. The molecule has 0 amide bonds. The average molecular weight is 734 g/mol. The lowest BCUT2D eigenvalue weighted by molar-refractivity contribution is -0.137. The molecule has 7 aromatic carbocycles. The molecule has 0 spiro atoms. The van der Waals surface area contributed by atoms with E-state index in [1.807, 2.05) is 137 Å². The molecule has 5 nitrogen and oxygen atoms in total. The lowest BCUT2D eigenvalue weighted by Crippen LogP contribution is -2.12. The summed E-state index contributed by atoms with van der Waals surface area (Å²) in [4.78, 5) is 4.82. The second kappa shape index (κ2) is 11.1. The van der Waals surface area contributed by atoms with Gasteiger partial charge in [0.1, 0.15) is 22.3 Å². The topological polar surface area (TPSA) is 49.0 Å². The number of furan rings is 2. The molecule has 0 saturated carbocycles. The van der Waals surface area contributed by atoms with Crippen molar-refractivity contribution in [2.75, 3.05) is 0 Å². The first-order chi connectivity index (χ1) is 27.5. The highest BCUT2D eigenvalue weighted by atomic mass is 19.4. The molecule has 0 saturated heterocycles. The third-order valence-electron chi connectivity index (χ3n) is 11.2. The summed E-state index contributed by atoms with van der Waals surface area (Å²) in [7, 11) is 0. The summed E-state index contributed by atoms with van der Waals surface area (Å²) in [6.07, 6.45) is -3.14. The molecule has 8 heteroatoms. The summed E-state index contributed by atoms with van der Waals surface area (Å²) < 4.78 is 63.4. The van der Waals surface area contributed by atoms with Crippen LogP contribution in [0.3, 0.4) is 0 Å². The number of rotatable bonds is 3.